The van der Waals surface area contributed by atoms with Gasteiger partial charge in [0.25, 0.3) is 0 Å². The Labute approximate surface area is 385 Å². The van der Waals surface area contributed by atoms with E-state index in [0.29, 0.717) is 11.1 Å². The number of para-hydroxylation sites is 1. The molecule has 8 aromatic rings. The number of benzene rings is 8. The van der Waals surface area contributed by atoms with Crippen LogP contribution in [-0.4, -0.2) is 23.0 Å². The average Bonchev–Trinajstić information content (AvgIpc) is 3.32. The number of nitrogens with one attached hydrogen (secondary N) is 1. The molecule has 0 aliphatic carbocycles. The number of anilines is 3. The van der Waals surface area contributed by atoms with Gasteiger partial charge in [-0.2, -0.15) is 0 Å². The second-order valence-corrected chi connectivity index (χ2v) is 15.4. The standard InChI is InChI=1S/C35H31N3.C13H13N.C10H10O2.CH4/c1-26(36-33-19-13-29(14-20-33)25-28-9-5-3-6-10-28)30-15-17-31(18-16-30)27(2)37-34-21-23-35(24-22-34)38-32-11-7-4-8-12-32;14-13-8-6-12(7-9-13)10-11-4-2-1-3-5-11;1-7(11)9-3-5-10(6-4-9)8(2)12;/h3-24,38H,25H2,1-2H3;1-9H,10,14H2;3-6H,1-2H3;1H4. The number of hydrogen-bond donors (Lipinski definition) is 2. The Bertz CT molecular complexity index is 2590. The van der Waals surface area contributed by atoms with Crippen molar-refractivity contribution in [2.45, 2.75) is 48.0 Å². The summed E-state index contributed by atoms with van der Waals surface area (Å²) in [5.74, 6) is 0.0372. The molecule has 0 spiro atoms. The molecule has 8 rings (SSSR count). The molecule has 0 heterocycles. The number of carbonyl (C=O) groups excluding carboxylic acids is 2. The topological polar surface area (TPSA) is 96.9 Å². The third-order valence-electron chi connectivity index (χ3n) is 10.4. The van der Waals surface area contributed by atoms with Crippen LogP contribution in [0.4, 0.5) is 28.4 Å². The molecule has 0 bridgehead atoms. The van der Waals surface area contributed by atoms with Gasteiger partial charge in [0.1, 0.15) is 0 Å². The Balaban J connectivity index is 0.000000239. The quantitative estimate of drug-likeness (QED) is 0.0727. The van der Waals surface area contributed by atoms with Crippen LogP contribution < -0.4 is 11.1 Å². The van der Waals surface area contributed by atoms with Crippen molar-refractivity contribution in [2.75, 3.05) is 11.1 Å². The van der Waals surface area contributed by atoms with Crippen molar-refractivity contribution in [3.05, 3.63) is 257 Å². The lowest BCUT2D eigenvalue weighted by molar-refractivity contribution is 0.100. The third kappa shape index (κ3) is 15.7. The first-order chi connectivity index (χ1) is 31.1. The summed E-state index contributed by atoms with van der Waals surface area (Å²) in [6.45, 7) is 7.10. The van der Waals surface area contributed by atoms with Gasteiger partial charge in [-0.15, -0.1) is 0 Å². The minimum absolute atomic E-state index is 0. The number of aliphatic imine (C=N–C) groups is 2. The van der Waals surface area contributed by atoms with E-state index in [2.05, 4.69) is 146 Å². The highest BCUT2D eigenvalue weighted by molar-refractivity contribution is 6.03. The number of nitrogens with zero attached hydrogens (tertiary/aromatic N) is 2. The van der Waals surface area contributed by atoms with Gasteiger partial charge in [0.2, 0.25) is 0 Å². The monoisotopic (exact) mass is 854 g/mol. The van der Waals surface area contributed by atoms with Gasteiger partial charge in [-0.1, -0.05) is 159 Å². The first-order valence-corrected chi connectivity index (χ1v) is 21.3. The van der Waals surface area contributed by atoms with Crippen LogP contribution in [0, 0.1) is 0 Å². The second-order valence-electron chi connectivity index (χ2n) is 15.4. The fourth-order valence-electron chi connectivity index (χ4n) is 6.70. The largest absolute Gasteiger partial charge is 0.399 e. The summed E-state index contributed by atoms with van der Waals surface area (Å²) in [7, 11) is 0. The molecule has 0 atom stereocenters. The van der Waals surface area contributed by atoms with Crippen LogP contribution in [0.15, 0.2) is 222 Å². The Morgan fingerprint density at radius 2 is 0.692 bits per heavy atom. The van der Waals surface area contributed by atoms with Crippen LogP contribution >= 0.6 is 0 Å². The van der Waals surface area contributed by atoms with E-state index in [1.807, 2.05) is 61.5 Å². The van der Waals surface area contributed by atoms with Gasteiger partial charge < -0.3 is 11.1 Å². The highest BCUT2D eigenvalue weighted by Crippen LogP contribution is 2.22. The molecular formula is C59H58N4O2. The maximum Gasteiger partial charge on any atom is 0.159 e. The molecule has 0 aliphatic heterocycles. The SMILES string of the molecule is C.CC(=Nc1ccc(Cc2ccccc2)cc1)c1ccc(C(C)=Nc2ccc(Nc3ccccc3)cc2)cc1.CC(=O)c1ccc(C(C)=O)cc1.Nc1ccc(Cc2ccccc2)cc1. The molecule has 0 unspecified atom stereocenters. The van der Waals surface area contributed by atoms with Crippen molar-refractivity contribution in [2.24, 2.45) is 9.98 Å². The molecule has 0 saturated heterocycles. The van der Waals surface area contributed by atoms with Crippen molar-refractivity contribution in [1.29, 1.82) is 0 Å². The van der Waals surface area contributed by atoms with Crippen molar-refractivity contribution < 1.29 is 9.59 Å². The Hall–Kier alpha value is -7.96. The second kappa shape index (κ2) is 24.6. The fourth-order valence-corrected chi connectivity index (χ4v) is 6.70. The number of Topliss-reactive ketones (excluding diaryl/α,β-unsaturated/α-hetero) is 2. The lowest BCUT2D eigenvalue weighted by Gasteiger charge is -2.07. The first-order valence-electron chi connectivity index (χ1n) is 21.3. The van der Waals surface area contributed by atoms with Crippen LogP contribution in [0.2, 0.25) is 0 Å². The normalized spacial score (nSPS) is 10.8. The maximum absolute atomic E-state index is 10.8. The molecule has 0 aliphatic rings. The van der Waals surface area contributed by atoms with Gasteiger partial charge in [0.05, 0.1) is 11.4 Å². The highest BCUT2D eigenvalue weighted by atomic mass is 16.1. The molecule has 3 N–H and O–H groups in total. The molecule has 0 saturated carbocycles. The van der Waals surface area contributed by atoms with Gasteiger partial charge in [0, 0.05) is 39.6 Å². The van der Waals surface area contributed by atoms with Crippen molar-refractivity contribution in [1.82, 2.24) is 0 Å². The van der Waals surface area contributed by atoms with E-state index in [4.69, 9.17) is 15.7 Å². The third-order valence-corrected chi connectivity index (χ3v) is 10.4. The van der Waals surface area contributed by atoms with E-state index < -0.39 is 0 Å². The van der Waals surface area contributed by atoms with E-state index in [9.17, 15) is 9.59 Å². The minimum atomic E-state index is 0. The van der Waals surface area contributed by atoms with Gasteiger partial charge in [-0.3, -0.25) is 19.6 Å². The number of nitrogens with two attached hydrogens (primary N) is 1. The molecule has 0 fully saturated rings. The highest BCUT2D eigenvalue weighted by Gasteiger charge is 2.04. The van der Waals surface area contributed by atoms with E-state index >= 15 is 0 Å². The first kappa shape index (κ1) is 48.1. The molecule has 8 aromatic carbocycles. The summed E-state index contributed by atoms with van der Waals surface area (Å²) < 4.78 is 0. The van der Waals surface area contributed by atoms with Crippen molar-refractivity contribution in [3.63, 3.8) is 0 Å². The number of carbonyl (C=O) groups is 2. The molecule has 0 radical (unpaired) electrons. The number of nitrogen functional groups attached to an aromatic ring is 1. The minimum Gasteiger partial charge on any atom is -0.399 e. The molecule has 65 heavy (non-hydrogen) atoms. The van der Waals surface area contributed by atoms with Gasteiger partial charge >= 0.3 is 0 Å². The molecule has 0 amide bonds. The number of hydrogen-bond acceptors (Lipinski definition) is 6. The summed E-state index contributed by atoms with van der Waals surface area (Å²) in [6.07, 6.45) is 1.90. The Morgan fingerprint density at radius 1 is 0.385 bits per heavy atom. The molecule has 326 valence electrons. The van der Waals surface area contributed by atoms with Crippen LogP contribution in [0.5, 0.6) is 0 Å². The number of rotatable bonds is 12. The molecular weight excluding hydrogens is 797 g/mol. The van der Waals surface area contributed by atoms with Gasteiger partial charge in [-0.25, -0.2) is 0 Å². The van der Waals surface area contributed by atoms with E-state index in [-0.39, 0.29) is 19.0 Å². The molecule has 6 heteroatoms. The van der Waals surface area contributed by atoms with E-state index in [1.165, 1.54) is 36.1 Å². The summed E-state index contributed by atoms with van der Waals surface area (Å²) in [5, 5.41) is 3.40. The van der Waals surface area contributed by atoms with Crippen molar-refractivity contribution in [3.8, 4) is 0 Å². The summed E-state index contributed by atoms with van der Waals surface area (Å²) in [5.41, 5.74) is 21.1. The Morgan fingerprint density at radius 3 is 1.08 bits per heavy atom. The fraction of sp³-hybridized carbons (Fsp3) is 0.119. The van der Waals surface area contributed by atoms with Crippen LogP contribution in [-0.2, 0) is 12.8 Å². The molecule has 6 nitrogen and oxygen atoms in total. The average molecular weight is 855 g/mol. The zero-order valence-corrected chi connectivity index (χ0v) is 36.9. The summed E-state index contributed by atoms with van der Waals surface area (Å²) >= 11 is 0. The molecule has 0 aromatic heterocycles. The van der Waals surface area contributed by atoms with Crippen LogP contribution in [0.1, 0.15) is 89.2 Å². The number of ketones is 2. The summed E-state index contributed by atoms with van der Waals surface area (Å²) in [6, 6.07) is 70.9. The van der Waals surface area contributed by atoms with Crippen LogP contribution in [0.3, 0.4) is 0 Å². The smallest absolute Gasteiger partial charge is 0.159 e. The maximum atomic E-state index is 10.8. The lowest BCUT2D eigenvalue weighted by atomic mass is 10.0. The summed E-state index contributed by atoms with van der Waals surface area (Å²) in [4.78, 5) is 31.3. The predicted molar refractivity (Wildman–Crippen MR) is 275 cm³/mol. The van der Waals surface area contributed by atoms with Crippen LogP contribution in [0.25, 0.3) is 0 Å². The van der Waals surface area contributed by atoms with Crippen molar-refractivity contribution >= 4 is 51.4 Å². The van der Waals surface area contributed by atoms with E-state index in [1.54, 1.807) is 24.3 Å². The Kier molecular flexibility index (Phi) is 18.2. The van der Waals surface area contributed by atoms with Gasteiger partial charge in [-0.05, 0) is 135 Å². The zero-order chi connectivity index (χ0) is 45.1. The lowest BCUT2D eigenvalue weighted by Crippen LogP contribution is -1.98. The predicted octanol–water partition coefficient (Wildman–Crippen LogP) is 14.9. The van der Waals surface area contributed by atoms with Gasteiger partial charge in [0.15, 0.2) is 11.6 Å². The van der Waals surface area contributed by atoms with E-state index in [0.717, 1.165) is 63.8 Å². The zero-order valence-electron chi connectivity index (χ0n) is 36.9.